The second-order valence-electron chi connectivity index (χ2n) is 13.0. The van der Waals surface area contributed by atoms with Gasteiger partial charge >= 0.3 is 5.97 Å². The standard InChI is InChI=1S/C36H34ClF3N6O5S2/c1-43-33-26-9-10-27(37)30(33)31-28(45(3)42-32(31)35(39)40)17-46(53(4,49)50)16-21-14-22(44(2)41-21)18-52-23-13-19-12-20(38)7-8-24(19)29(15-23)51-11-5-6-25(26)34(43)36(47)48/h7-10,12-15,35H,5-6,11,16-18H2,1-4H3,(H,47,48). The average Bonchev–Trinajstić information content (AvgIpc) is 3.70. The van der Waals surface area contributed by atoms with Crippen molar-refractivity contribution in [3.63, 3.8) is 0 Å². The minimum absolute atomic E-state index is 0.0560. The first kappa shape index (κ1) is 36.8. The van der Waals surface area contributed by atoms with Crippen molar-refractivity contribution in [3.8, 4) is 16.9 Å². The number of thioether (sulfide) groups is 1. The Morgan fingerprint density at radius 3 is 2.47 bits per heavy atom. The predicted octanol–water partition coefficient (Wildman–Crippen LogP) is 7.47. The van der Waals surface area contributed by atoms with Crippen LogP contribution in [-0.2, 0) is 56.4 Å². The zero-order valence-corrected chi connectivity index (χ0v) is 31.4. The summed E-state index contributed by atoms with van der Waals surface area (Å²) >= 11 is 8.29. The van der Waals surface area contributed by atoms with Crippen LogP contribution in [0.3, 0.4) is 0 Å². The van der Waals surface area contributed by atoms with Gasteiger partial charge in [-0.05, 0) is 66.3 Å². The third-order valence-electron chi connectivity index (χ3n) is 9.49. The van der Waals surface area contributed by atoms with E-state index >= 15 is 0 Å². The minimum Gasteiger partial charge on any atom is -0.493 e. The Bertz CT molecular complexity index is 2550. The quantitative estimate of drug-likeness (QED) is 0.196. The van der Waals surface area contributed by atoms with E-state index in [1.54, 1.807) is 29.9 Å². The molecule has 4 heterocycles. The van der Waals surface area contributed by atoms with Gasteiger partial charge in [-0.3, -0.25) is 9.36 Å². The van der Waals surface area contributed by atoms with Gasteiger partial charge < -0.3 is 14.4 Å². The molecule has 0 aliphatic carbocycles. The second kappa shape index (κ2) is 14.0. The van der Waals surface area contributed by atoms with Gasteiger partial charge in [-0.15, -0.1) is 11.8 Å². The van der Waals surface area contributed by atoms with E-state index < -0.39 is 33.9 Å². The van der Waals surface area contributed by atoms with Crippen molar-refractivity contribution in [2.75, 3.05) is 12.9 Å². The van der Waals surface area contributed by atoms with Gasteiger partial charge in [0.1, 0.15) is 23.0 Å². The SMILES string of the molecule is Cn1nc2cc1CSc1cc(c3ccc(F)cc3c1)OCCCc1c(C(=O)O)n(C)c3c(c(Cl)ccc13)-c1c(C(F)F)nn(C)c1CN(S(C)(=O)=O)C2. The summed E-state index contributed by atoms with van der Waals surface area (Å²) in [5.41, 5.74) is 1.42. The number of alkyl halides is 2. The molecule has 0 saturated carbocycles. The summed E-state index contributed by atoms with van der Waals surface area (Å²) in [7, 11) is 0.751. The Hall–Kier alpha value is -4.51. The number of carboxylic acid groups (broad SMARTS) is 1. The lowest BCUT2D eigenvalue weighted by molar-refractivity contribution is 0.0685. The lowest BCUT2D eigenvalue weighted by Gasteiger charge is -2.21. The Labute approximate surface area is 311 Å². The van der Waals surface area contributed by atoms with Crippen molar-refractivity contribution < 1.29 is 36.2 Å². The maximum atomic E-state index is 14.8. The van der Waals surface area contributed by atoms with E-state index in [2.05, 4.69) is 10.2 Å². The minimum atomic E-state index is -3.96. The first-order valence-corrected chi connectivity index (χ1v) is 19.7. The maximum absolute atomic E-state index is 14.8. The summed E-state index contributed by atoms with van der Waals surface area (Å²) in [6, 6.07) is 13.1. The molecule has 1 aliphatic heterocycles. The van der Waals surface area contributed by atoms with Crippen molar-refractivity contribution >= 4 is 61.0 Å². The van der Waals surface area contributed by atoms with Crippen molar-refractivity contribution in [1.82, 2.24) is 28.4 Å². The molecule has 7 rings (SSSR count). The van der Waals surface area contributed by atoms with Gasteiger partial charge in [0.2, 0.25) is 10.0 Å². The number of benzene rings is 3. The number of hydrogen-bond acceptors (Lipinski definition) is 7. The molecule has 6 aromatic rings. The summed E-state index contributed by atoms with van der Waals surface area (Å²) in [4.78, 5) is 13.6. The van der Waals surface area contributed by atoms with Crippen LogP contribution in [0.1, 0.15) is 51.7 Å². The van der Waals surface area contributed by atoms with E-state index in [0.29, 0.717) is 45.3 Å². The first-order chi connectivity index (χ1) is 25.1. The van der Waals surface area contributed by atoms with E-state index in [4.69, 9.17) is 16.3 Å². The molecular weight excluding hydrogens is 753 g/mol. The van der Waals surface area contributed by atoms with Gasteiger partial charge in [0.25, 0.3) is 6.43 Å². The number of aryl methyl sites for hydroxylation is 4. The van der Waals surface area contributed by atoms with Gasteiger partial charge in [-0.25, -0.2) is 26.4 Å². The molecule has 17 heteroatoms. The smallest absolute Gasteiger partial charge is 0.352 e. The number of ether oxygens (including phenoxy) is 1. The van der Waals surface area contributed by atoms with Gasteiger partial charge in [0, 0.05) is 59.4 Å². The van der Waals surface area contributed by atoms with Crippen molar-refractivity contribution in [2.45, 2.75) is 43.0 Å². The molecule has 0 fully saturated rings. The zero-order valence-electron chi connectivity index (χ0n) is 29.0. The number of halogens is 4. The number of carbonyl (C=O) groups is 1. The van der Waals surface area contributed by atoms with Crippen molar-refractivity contribution in [3.05, 3.63) is 93.4 Å². The lowest BCUT2D eigenvalue weighted by atomic mass is 9.97. The number of fused-ring (bicyclic) bond motifs is 8. The maximum Gasteiger partial charge on any atom is 0.352 e. The Morgan fingerprint density at radius 1 is 1.00 bits per heavy atom. The number of sulfonamides is 1. The molecule has 0 radical (unpaired) electrons. The molecule has 0 spiro atoms. The number of hydrogen-bond donors (Lipinski definition) is 1. The van der Waals surface area contributed by atoms with Crippen molar-refractivity contribution in [2.24, 2.45) is 21.1 Å². The summed E-state index contributed by atoms with van der Waals surface area (Å²) in [5, 5.41) is 21.0. The van der Waals surface area contributed by atoms with E-state index in [1.165, 1.54) is 53.3 Å². The van der Waals surface area contributed by atoms with Crippen molar-refractivity contribution in [1.29, 1.82) is 0 Å². The predicted molar refractivity (Wildman–Crippen MR) is 197 cm³/mol. The lowest BCUT2D eigenvalue weighted by Crippen LogP contribution is -2.30. The van der Waals surface area contributed by atoms with E-state index in [-0.39, 0.29) is 59.2 Å². The molecule has 0 unspecified atom stereocenters. The molecule has 3 aromatic heterocycles. The van der Waals surface area contributed by atoms with Crippen LogP contribution in [-0.4, -0.2) is 60.8 Å². The largest absolute Gasteiger partial charge is 0.493 e. The third-order valence-corrected chi connectivity index (χ3v) is 12.0. The van der Waals surface area contributed by atoms with Crippen LogP contribution in [0.2, 0.25) is 5.02 Å². The van der Waals surface area contributed by atoms with Gasteiger partial charge in [0.05, 0.1) is 47.9 Å². The van der Waals surface area contributed by atoms with Gasteiger partial charge in [-0.2, -0.15) is 14.5 Å². The fourth-order valence-electron chi connectivity index (χ4n) is 7.04. The highest BCUT2D eigenvalue weighted by Crippen LogP contribution is 2.44. The van der Waals surface area contributed by atoms with Crippen LogP contribution in [0, 0.1) is 5.82 Å². The number of carboxylic acids is 1. The van der Waals surface area contributed by atoms with E-state index in [0.717, 1.165) is 21.2 Å². The summed E-state index contributed by atoms with van der Waals surface area (Å²) in [5.74, 6) is -0.667. The number of aromatic nitrogens is 5. The second-order valence-corrected chi connectivity index (χ2v) is 16.4. The summed E-state index contributed by atoms with van der Waals surface area (Å²) in [6.45, 7) is -0.367. The fourth-order valence-corrected chi connectivity index (χ4v) is 9.00. The van der Waals surface area contributed by atoms with Crippen LogP contribution >= 0.6 is 23.4 Å². The fraction of sp³-hybridized carbons (Fsp3) is 0.306. The highest BCUT2D eigenvalue weighted by atomic mass is 35.5. The zero-order chi connectivity index (χ0) is 37.9. The molecule has 3 aromatic carbocycles. The normalized spacial score (nSPS) is 14.8. The monoisotopic (exact) mass is 786 g/mol. The van der Waals surface area contributed by atoms with E-state index in [1.807, 2.05) is 12.1 Å². The Morgan fingerprint density at radius 2 is 1.75 bits per heavy atom. The number of nitrogens with zero attached hydrogens (tertiary/aromatic N) is 6. The highest BCUT2D eigenvalue weighted by molar-refractivity contribution is 7.98. The van der Waals surface area contributed by atoms with Gasteiger partial charge in [-0.1, -0.05) is 17.7 Å². The van der Waals surface area contributed by atoms with Crippen LogP contribution in [0.25, 0.3) is 32.8 Å². The molecule has 0 atom stereocenters. The molecular formula is C36H34ClF3N6O5S2. The molecule has 0 saturated heterocycles. The molecule has 8 bridgehead atoms. The Balaban J connectivity index is 1.45. The molecule has 1 aliphatic rings. The average molecular weight is 787 g/mol. The molecule has 1 N–H and O–H groups in total. The van der Waals surface area contributed by atoms with Gasteiger partial charge in [0.15, 0.2) is 0 Å². The molecule has 11 nitrogen and oxygen atoms in total. The number of aromatic carboxylic acids is 1. The van der Waals surface area contributed by atoms with Crippen LogP contribution in [0.4, 0.5) is 13.2 Å². The summed E-state index contributed by atoms with van der Waals surface area (Å²) < 4.78 is 82.3. The Kier molecular flexibility index (Phi) is 9.76. The molecule has 0 amide bonds. The first-order valence-electron chi connectivity index (χ1n) is 16.5. The number of rotatable bonds is 3. The topological polar surface area (TPSA) is 124 Å². The highest BCUT2D eigenvalue weighted by Gasteiger charge is 2.33. The van der Waals surface area contributed by atoms with Crippen LogP contribution in [0.15, 0.2) is 53.4 Å². The summed E-state index contributed by atoms with van der Waals surface area (Å²) in [6.07, 6.45) is -1.43. The molecule has 53 heavy (non-hydrogen) atoms. The van der Waals surface area contributed by atoms with E-state index in [9.17, 15) is 31.5 Å². The van der Waals surface area contributed by atoms with Crippen LogP contribution in [0.5, 0.6) is 5.75 Å². The van der Waals surface area contributed by atoms with Crippen LogP contribution < -0.4 is 4.74 Å². The third kappa shape index (κ3) is 6.88. The molecule has 278 valence electrons.